The summed E-state index contributed by atoms with van der Waals surface area (Å²) in [7, 11) is -3.73. The number of carbonyl (C=O) groups excluding carboxylic acids is 1. The van der Waals surface area contributed by atoms with Gasteiger partial charge in [0.05, 0.1) is 17.5 Å². The lowest BCUT2D eigenvalue weighted by molar-refractivity contribution is -0.138. The Morgan fingerprint density at radius 2 is 2.16 bits per heavy atom. The minimum atomic E-state index is -3.73. The molecule has 0 spiro atoms. The van der Waals surface area contributed by atoms with Crippen LogP contribution in [0.2, 0.25) is 0 Å². The maximum atomic E-state index is 12.4. The molecule has 174 valence electrons. The third-order valence-corrected chi connectivity index (χ3v) is 6.59. The Kier molecular flexibility index (Phi) is 7.80. The third-order valence-electron chi connectivity index (χ3n) is 5.00. The van der Waals surface area contributed by atoms with E-state index in [1.54, 1.807) is 17.8 Å². The second kappa shape index (κ2) is 10.6. The van der Waals surface area contributed by atoms with E-state index in [4.69, 9.17) is 0 Å². The highest BCUT2D eigenvalue weighted by molar-refractivity contribution is 7.89. The molecule has 0 bridgehead atoms. The highest BCUT2D eigenvalue weighted by Gasteiger charge is 2.24. The largest absolute Gasteiger partial charge is 0.480 e. The van der Waals surface area contributed by atoms with Gasteiger partial charge in [-0.3, -0.25) is 14.3 Å². The Bertz CT molecular complexity index is 1070. The lowest BCUT2D eigenvalue weighted by atomic mass is 10.1. The standard InChI is InChI=1S/C20H28N6O5S/c1-2-10-32(30,31)25-17(20(28)29)12-22-19(27)15-11-23-26(13-15)9-7-16-6-5-14-4-3-8-21-18(14)24-16/h5-6,11,13,17,25H,2-4,7-10,12H2,1H3,(H,21,24)(H,22,27)(H,28,29). The summed E-state index contributed by atoms with van der Waals surface area (Å²) in [5, 5.41) is 19.2. The molecule has 0 saturated heterocycles. The molecule has 0 radical (unpaired) electrons. The fourth-order valence-corrected chi connectivity index (χ4v) is 4.63. The van der Waals surface area contributed by atoms with Crippen LogP contribution in [0.1, 0.15) is 41.4 Å². The van der Waals surface area contributed by atoms with Crippen molar-refractivity contribution >= 4 is 27.7 Å². The normalized spacial score (nSPS) is 14.3. The number of carboxylic acid groups (broad SMARTS) is 1. The van der Waals surface area contributed by atoms with Crippen LogP contribution in [0.25, 0.3) is 0 Å². The van der Waals surface area contributed by atoms with Crippen molar-refractivity contribution < 1.29 is 23.1 Å². The van der Waals surface area contributed by atoms with Crippen molar-refractivity contribution in [2.45, 2.75) is 45.2 Å². The van der Waals surface area contributed by atoms with Crippen molar-refractivity contribution in [1.82, 2.24) is 24.8 Å². The summed E-state index contributed by atoms with van der Waals surface area (Å²) in [6, 6.07) is 2.63. The summed E-state index contributed by atoms with van der Waals surface area (Å²) in [6.07, 6.45) is 6.06. The van der Waals surface area contributed by atoms with Crippen LogP contribution < -0.4 is 15.4 Å². The van der Waals surface area contributed by atoms with Gasteiger partial charge in [-0.15, -0.1) is 0 Å². The summed E-state index contributed by atoms with van der Waals surface area (Å²) in [4.78, 5) is 28.3. The van der Waals surface area contributed by atoms with E-state index in [0.717, 1.165) is 30.9 Å². The van der Waals surface area contributed by atoms with E-state index in [1.807, 2.05) is 6.07 Å². The summed E-state index contributed by atoms with van der Waals surface area (Å²) in [6.45, 7) is 2.73. The number of pyridine rings is 1. The van der Waals surface area contributed by atoms with Gasteiger partial charge in [-0.2, -0.15) is 9.82 Å². The number of aryl methyl sites for hydroxylation is 3. The fourth-order valence-electron chi connectivity index (χ4n) is 3.36. The van der Waals surface area contributed by atoms with Gasteiger partial charge in [0, 0.05) is 37.9 Å². The molecule has 1 aliphatic heterocycles. The molecule has 1 atom stereocenters. The molecule has 1 amide bonds. The number of nitrogens with one attached hydrogen (secondary N) is 3. The number of hydrogen-bond donors (Lipinski definition) is 4. The highest BCUT2D eigenvalue weighted by atomic mass is 32.2. The first-order chi connectivity index (χ1) is 15.3. The molecular formula is C20H28N6O5S. The van der Waals surface area contributed by atoms with Crippen molar-refractivity contribution in [1.29, 1.82) is 0 Å². The monoisotopic (exact) mass is 464 g/mol. The van der Waals surface area contributed by atoms with Gasteiger partial charge in [0.15, 0.2) is 0 Å². The minimum Gasteiger partial charge on any atom is -0.480 e. The second-order valence-electron chi connectivity index (χ2n) is 7.62. The van der Waals surface area contributed by atoms with Gasteiger partial charge in [0.25, 0.3) is 5.91 Å². The van der Waals surface area contributed by atoms with Crippen LogP contribution in [-0.2, 0) is 34.2 Å². The van der Waals surface area contributed by atoms with Crippen molar-refractivity contribution in [3.05, 3.63) is 41.3 Å². The average molecular weight is 465 g/mol. The van der Waals surface area contributed by atoms with Crippen LogP contribution in [0, 0.1) is 0 Å². The predicted molar refractivity (Wildman–Crippen MR) is 118 cm³/mol. The van der Waals surface area contributed by atoms with Crippen LogP contribution in [-0.4, -0.2) is 65.0 Å². The summed E-state index contributed by atoms with van der Waals surface area (Å²) in [5.74, 6) is -1.16. The van der Waals surface area contributed by atoms with E-state index in [-0.39, 0.29) is 17.9 Å². The lowest BCUT2D eigenvalue weighted by Crippen LogP contribution is -2.48. The van der Waals surface area contributed by atoms with Crippen molar-refractivity contribution in [3.8, 4) is 0 Å². The topological polar surface area (TPSA) is 155 Å². The molecule has 1 aliphatic rings. The number of carboxylic acids is 1. The molecule has 1 unspecified atom stereocenters. The number of aliphatic carboxylic acids is 1. The van der Waals surface area contributed by atoms with Crippen LogP contribution in [0.5, 0.6) is 0 Å². The number of carbonyl (C=O) groups is 2. The van der Waals surface area contributed by atoms with E-state index in [0.29, 0.717) is 19.4 Å². The number of anilines is 1. The van der Waals surface area contributed by atoms with E-state index in [2.05, 4.69) is 31.5 Å². The molecule has 0 aromatic carbocycles. The minimum absolute atomic E-state index is 0.188. The molecule has 2 aromatic heterocycles. The van der Waals surface area contributed by atoms with Gasteiger partial charge in [-0.1, -0.05) is 13.0 Å². The Morgan fingerprint density at radius 1 is 1.34 bits per heavy atom. The first kappa shape index (κ1) is 23.7. The number of fused-ring (bicyclic) bond motifs is 1. The van der Waals surface area contributed by atoms with Gasteiger partial charge >= 0.3 is 5.97 Å². The van der Waals surface area contributed by atoms with Crippen molar-refractivity contribution in [3.63, 3.8) is 0 Å². The van der Waals surface area contributed by atoms with Gasteiger partial charge in [-0.25, -0.2) is 13.4 Å². The summed E-state index contributed by atoms with van der Waals surface area (Å²) >= 11 is 0. The molecule has 11 nitrogen and oxygen atoms in total. The Morgan fingerprint density at radius 3 is 2.91 bits per heavy atom. The van der Waals surface area contributed by atoms with Gasteiger partial charge in [-0.05, 0) is 30.9 Å². The Balaban J connectivity index is 1.53. The lowest BCUT2D eigenvalue weighted by Gasteiger charge is -2.17. The van der Waals surface area contributed by atoms with E-state index >= 15 is 0 Å². The number of rotatable bonds is 11. The zero-order valence-electron chi connectivity index (χ0n) is 17.9. The van der Waals surface area contributed by atoms with E-state index in [1.165, 1.54) is 11.8 Å². The quantitative estimate of drug-likeness (QED) is 0.372. The molecule has 32 heavy (non-hydrogen) atoms. The smallest absolute Gasteiger partial charge is 0.323 e. The van der Waals surface area contributed by atoms with Crippen LogP contribution in [0.4, 0.5) is 5.82 Å². The molecule has 0 saturated carbocycles. The van der Waals surface area contributed by atoms with E-state index in [9.17, 15) is 23.1 Å². The predicted octanol–water partition coefficient (Wildman–Crippen LogP) is 0.391. The van der Waals surface area contributed by atoms with Gasteiger partial charge < -0.3 is 15.7 Å². The van der Waals surface area contributed by atoms with Gasteiger partial charge in [0.1, 0.15) is 11.9 Å². The van der Waals surface area contributed by atoms with Crippen LogP contribution in [0.3, 0.4) is 0 Å². The third kappa shape index (κ3) is 6.50. The number of nitrogens with zero attached hydrogens (tertiary/aromatic N) is 3. The van der Waals surface area contributed by atoms with E-state index < -0.39 is 27.9 Å². The molecule has 2 aromatic rings. The van der Waals surface area contributed by atoms with Crippen molar-refractivity contribution in [2.75, 3.05) is 24.2 Å². The summed E-state index contributed by atoms with van der Waals surface area (Å²) < 4.78 is 27.3. The Labute approximate surface area is 186 Å². The highest BCUT2D eigenvalue weighted by Crippen LogP contribution is 2.19. The maximum absolute atomic E-state index is 12.4. The molecule has 4 N–H and O–H groups in total. The molecule has 0 aliphatic carbocycles. The number of sulfonamides is 1. The number of hydrogen-bond acceptors (Lipinski definition) is 7. The maximum Gasteiger partial charge on any atom is 0.323 e. The number of amides is 1. The SMILES string of the molecule is CCCS(=O)(=O)NC(CNC(=O)c1cnn(CCc2ccc3c(n2)NCCC3)c1)C(=O)O. The number of aromatic nitrogens is 3. The molecule has 12 heteroatoms. The summed E-state index contributed by atoms with van der Waals surface area (Å²) in [5.41, 5.74) is 2.39. The Hall–Kier alpha value is -2.99. The van der Waals surface area contributed by atoms with Crippen LogP contribution >= 0.6 is 0 Å². The average Bonchev–Trinajstić information content (AvgIpc) is 3.24. The zero-order valence-corrected chi connectivity index (χ0v) is 18.7. The molecule has 3 rings (SSSR count). The zero-order chi connectivity index (χ0) is 23.1. The van der Waals surface area contributed by atoms with Crippen LogP contribution in [0.15, 0.2) is 24.5 Å². The second-order valence-corrected chi connectivity index (χ2v) is 9.49. The van der Waals surface area contributed by atoms with Crippen molar-refractivity contribution in [2.24, 2.45) is 0 Å². The first-order valence-corrected chi connectivity index (χ1v) is 12.2. The first-order valence-electron chi connectivity index (χ1n) is 10.5. The molecular weight excluding hydrogens is 436 g/mol. The fraction of sp³-hybridized carbons (Fsp3) is 0.500. The molecule has 0 fully saturated rings. The molecule has 3 heterocycles. The van der Waals surface area contributed by atoms with Gasteiger partial charge in [0.2, 0.25) is 10.0 Å².